The van der Waals surface area contributed by atoms with Crippen LogP contribution in [0.4, 0.5) is 4.39 Å². The zero-order valence-electron chi connectivity index (χ0n) is 9.23. The third kappa shape index (κ3) is 4.45. The van der Waals surface area contributed by atoms with Crippen molar-refractivity contribution in [3.63, 3.8) is 0 Å². The molecule has 1 rings (SSSR count). The van der Waals surface area contributed by atoms with E-state index in [2.05, 4.69) is 6.58 Å². The van der Waals surface area contributed by atoms with Gasteiger partial charge in [0.05, 0.1) is 6.61 Å². The van der Waals surface area contributed by atoms with Crippen LogP contribution in [0.25, 0.3) is 0 Å². The van der Waals surface area contributed by atoms with Crippen molar-refractivity contribution in [2.24, 2.45) is 5.92 Å². The Morgan fingerprint density at radius 1 is 1.38 bits per heavy atom. The van der Waals surface area contributed by atoms with E-state index in [1.165, 1.54) is 12.1 Å². The molecule has 0 aliphatic heterocycles. The van der Waals surface area contributed by atoms with Gasteiger partial charge in [-0.25, -0.2) is 4.39 Å². The fourth-order valence-electron chi connectivity index (χ4n) is 1.33. The molecule has 0 aromatic heterocycles. The first-order valence-electron chi connectivity index (χ1n) is 5.36. The molecular weight excluding hydrogens is 207 g/mol. The molecule has 0 fully saturated rings. The SMILES string of the molecule is C=CCC[C@H](CO)COc1ccc(F)cc1. The van der Waals surface area contributed by atoms with Crippen LogP contribution in [0.1, 0.15) is 12.8 Å². The van der Waals surface area contributed by atoms with Crippen molar-refractivity contribution < 1.29 is 14.2 Å². The van der Waals surface area contributed by atoms with Gasteiger partial charge in [0, 0.05) is 12.5 Å². The van der Waals surface area contributed by atoms with Gasteiger partial charge in [0.25, 0.3) is 0 Å². The summed E-state index contributed by atoms with van der Waals surface area (Å²) in [4.78, 5) is 0. The van der Waals surface area contributed by atoms with Crippen LogP contribution >= 0.6 is 0 Å². The molecule has 0 saturated carbocycles. The molecule has 0 aliphatic rings. The lowest BCUT2D eigenvalue weighted by Gasteiger charge is -2.14. The van der Waals surface area contributed by atoms with Gasteiger partial charge in [-0.1, -0.05) is 6.08 Å². The van der Waals surface area contributed by atoms with E-state index >= 15 is 0 Å². The maximum atomic E-state index is 12.6. The van der Waals surface area contributed by atoms with Crippen molar-refractivity contribution in [3.05, 3.63) is 42.7 Å². The molecule has 0 aliphatic carbocycles. The topological polar surface area (TPSA) is 29.5 Å². The molecule has 0 bridgehead atoms. The molecule has 1 aromatic carbocycles. The molecule has 0 amide bonds. The van der Waals surface area contributed by atoms with E-state index in [0.717, 1.165) is 12.8 Å². The summed E-state index contributed by atoms with van der Waals surface area (Å²) in [7, 11) is 0. The average Bonchev–Trinajstić information content (AvgIpc) is 2.32. The van der Waals surface area contributed by atoms with Crippen molar-refractivity contribution in [1.82, 2.24) is 0 Å². The lowest BCUT2D eigenvalue weighted by Crippen LogP contribution is -2.15. The predicted molar refractivity (Wildman–Crippen MR) is 61.9 cm³/mol. The molecule has 2 nitrogen and oxygen atoms in total. The summed E-state index contributed by atoms with van der Waals surface area (Å²) in [6.45, 7) is 4.16. The summed E-state index contributed by atoms with van der Waals surface area (Å²) < 4.78 is 18.1. The number of halogens is 1. The normalized spacial score (nSPS) is 12.1. The number of aliphatic hydroxyl groups is 1. The van der Waals surface area contributed by atoms with Gasteiger partial charge in [0.15, 0.2) is 0 Å². The molecule has 0 saturated heterocycles. The van der Waals surface area contributed by atoms with E-state index in [0.29, 0.717) is 12.4 Å². The summed E-state index contributed by atoms with van der Waals surface area (Å²) in [5.41, 5.74) is 0. The van der Waals surface area contributed by atoms with Crippen LogP contribution in [-0.2, 0) is 0 Å². The van der Waals surface area contributed by atoms with E-state index < -0.39 is 0 Å². The highest BCUT2D eigenvalue weighted by molar-refractivity contribution is 5.21. The average molecular weight is 224 g/mol. The number of benzene rings is 1. The number of rotatable bonds is 7. The van der Waals surface area contributed by atoms with Crippen molar-refractivity contribution in [3.8, 4) is 5.75 Å². The molecular formula is C13H17FO2. The van der Waals surface area contributed by atoms with Gasteiger partial charge in [-0.15, -0.1) is 6.58 Å². The van der Waals surface area contributed by atoms with Crippen molar-refractivity contribution in [2.45, 2.75) is 12.8 Å². The number of hydrogen-bond donors (Lipinski definition) is 1. The monoisotopic (exact) mass is 224 g/mol. The molecule has 0 unspecified atom stereocenters. The second-order valence-corrected chi connectivity index (χ2v) is 3.68. The standard InChI is InChI=1S/C13H17FO2/c1-2-3-4-11(9-15)10-16-13-7-5-12(14)6-8-13/h2,5-8,11,15H,1,3-4,9-10H2/t11-/m1/s1. The quantitative estimate of drug-likeness (QED) is 0.722. The van der Waals surface area contributed by atoms with Crippen LogP contribution in [0, 0.1) is 11.7 Å². The van der Waals surface area contributed by atoms with Crippen LogP contribution in [0.15, 0.2) is 36.9 Å². The molecule has 0 heterocycles. The number of aliphatic hydroxyl groups excluding tert-OH is 1. The molecule has 88 valence electrons. The van der Waals surface area contributed by atoms with E-state index in [9.17, 15) is 4.39 Å². The zero-order chi connectivity index (χ0) is 11.8. The Labute approximate surface area is 95.4 Å². The van der Waals surface area contributed by atoms with Gasteiger partial charge >= 0.3 is 0 Å². The van der Waals surface area contributed by atoms with E-state index in [1.54, 1.807) is 12.1 Å². The first kappa shape index (κ1) is 12.7. The lowest BCUT2D eigenvalue weighted by atomic mass is 10.1. The largest absolute Gasteiger partial charge is 0.493 e. The number of ether oxygens (including phenoxy) is 1. The Morgan fingerprint density at radius 2 is 2.06 bits per heavy atom. The fraction of sp³-hybridized carbons (Fsp3) is 0.385. The Hall–Kier alpha value is -1.35. The molecule has 1 aromatic rings. The minimum Gasteiger partial charge on any atom is -0.493 e. The summed E-state index contributed by atoms with van der Waals surface area (Å²) in [5.74, 6) is 0.444. The summed E-state index contributed by atoms with van der Waals surface area (Å²) in [6.07, 6.45) is 3.53. The van der Waals surface area contributed by atoms with Gasteiger partial charge in [-0.05, 0) is 37.1 Å². The van der Waals surface area contributed by atoms with E-state index in [-0.39, 0.29) is 18.3 Å². The highest BCUT2D eigenvalue weighted by Crippen LogP contribution is 2.14. The number of hydrogen-bond acceptors (Lipinski definition) is 2. The Morgan fingerprint density at radius 3 is 2.62 bits per heavy atom. The third-order valence-electron chi connectivity index (χ3n) is 2.34. The lowest BCUT2D eigenvalue weighted by molar-refractivity contribution is 0.157. The minimum absolute atomic E-state index is 0.0923. The summed E-state index contributed by atoms with van der Waals surface area (Å²) >= 11 is 0. The Bertz CT molecular complexity index is 308. The molecule has 0 radical (unpaired) electrons. The molecule has 16 heavy (non-hydrogen) atoms. The maximum absolute atomic E-state index is 12.6. The van der Waals surface area contributed by atoms with Crippen LogP contribution < -0.4 is 4.74 Å². The fourth-order valence-corrected chi connectivity index (χ4v) is 1.33. The molecule has 1 atom stereocenters. The Balaban J connectivity index is 2.36. The van der Waals surface area contributed by atoms with Crippen molar-refractivity contribution in [1.29, 1.82) is 0 Å². The molecule has 1 N–H and O–H groups in total. The highest BCUT2D eigenvalue weighted by Gasteiger charge is 2.07. The smallest absolute Gasteiger partial charge is 0.123 e. The molecule has 3 heteroatoms. The van der Waals surface area contributed by atoms with Gasteiger partial charge < -0.3 is 9.84 Å². The van der Waals surface area contributed by atoms with Crippen LogP contribution in [0.2, 0.25) is 0 Å². The van der Waals surface area contributed by atoms with Gasteiger partial charge in [-0.2, -0.15) is 0 Å². The van der Waals surface area contributed by atoms with Gasteiger partial charge in [0.2, 0.25) is 0 Å². The minimum atomic E-state index is -0.280. The zero-order valence-corrected chi connectivity index (χ0v) is 9.23. The third-order valence-corrected chi connectivity index (χ3v) is 2.34. The van der Waals surface area contributed by atoms with Crippen molar-refractivity contribution in [2.75, 3.05) is 13.2 Å². The Kier molecular flexibility index (Phi) is 5.57. The van der Waals surface area contributed by atoms with E-state index in [4.69, 9.17) is 9.84 Å². The first-order valence-corrected chi connectivity index (χ1v) is 5.36. The predicted octanol–water partition coefficient (Wildman–Crippen LogP) is 2.78. The highest BCUT2D eigenvalue weighted by atomic mass is 19.1. The summed E-state index contributed by atoms with van der Waals surface area (Å²) in [6, 6.07) is 5.87. The van der Waals surface area contributed by atoms with Crippen LogP contribution in [0.5, 0.6) is 5.75 Å². The van der Waals surface area contributed by atoms with Crippen LogP contribution in [-0.4, -0.2) is 18.3 Å². The van der Waals surface area contributed by atoms with Gasteiger partial charge in [0.1, 0.15) is 11.6 Å². The second-order valence-electron chi connectivity index (χ2n) is 3.68. The molecule has 0 spiro atoms. The number of allylic oxidation sites excluding steroid dienone is 1. The summed E-state index contributed by atoms with van der Waals surface area (Å²) in [5, 5.41) is 9.10. The first-order chi connectivity index (χ1) is 7.76. The van der Waals surface area contributed by atoms with E-state index in [1.807, 2.05) is 6.08 Å². The van der Waals surface area contributed by atoms with Gasteiger partial charge in [-0.3, -0.25) is 0 Å². The van der Waals surface area contributed by atoms with Crippen molar-refractivity contribution >= 4 is 0 Å². The second kappa shape index (κ2) is 7.01. The van der Waals surface area contributed by atoms with Crippen LogP contribution in [0.3, 0.4) is 0 Å². The maximum Gasteiger partial charge on any atom is 0.123 e.